The van der Waals surface area contributed by atoms with Crippen molar-refractivity contribution in [1.82, 2.24) is 0 Å². The van der Waals surface area contributed by atoms with E-state index in [4.69, 9.17) is 9.05 Å². The van der Waals surface area contributed by atoms with E-state index in [1.165, 1.54) is 19.3 Å². The van der Waals surface area contributed by atoms with Gasteiger partial charge in [0.25, 0.3) is 0 Å². The highest BCUT2D eigenvalue weighted by Gasteiger charge is 2.54. The second-order valence-electron chi connectivity index (χ2n) is 7.20. The van der Waals surface area contributed by atoms with E-state index in [1.807, 2.05) is 0 Å². The van der Waals surface area contributed by atoms with Crippen molar-refractivity contribution in [3.05, 3.63) is 0 Å². The highest BCUT2D eigenvalue weighted by atomic mass is 31.2. The smallest absolute Gasteiger partial charge is 0.302 e. The minimum atomic E-state index is -3.88. The summed E-state index contributed by atoms with van der Waals surface area (Å²) >= 11 is 0. The molecular weight excluding hydrogens is 275 g/mol. The molecule has 1 atom stereocenters. The molecule has 4 bridgehead atoms. The highest BCUT2D eigenvalue weighted by Crippen LogP contribution is 2.62. The van der Waals surface area contributed by atoms with Crippen LogP contribution in [0.3, 0.4) is 0 Å². The van der Waals surface area contributed by atoms with Crippen LogP contribution in [0.1, 0.15) is 64.7 Å². The third-order valence-electron chi connectivity index (χ3n) is 5.29. The molecule has 0 radical (unpaired) electrons. The van der Waals surface area contributed by atoms with Crippen LogP contribution in [0, 0.1) is 17.8 Å². The second-order valence-corrected chi connectivity index (χ2v) is 8.58. The zero-order valence-corrected chi connectivity index (χ0v) is 13.3. The molecule has 0 aromatic carbocycles. The Kier molecular flexibility index (Phi) is 4.29. The number of phosphoric ester groups is 1. The van der Waals surface area contributed by atoms with E-state index in [0.29, 0.717) is 24.4 Å². The monoisotopic (exact) mass is 302 g/mol. The molecule has 0 saturated heterocycles. The van der Waals surface area contributed by atoms with Crippen molar-refractivity contribution >= 4 is 7.82 Å². The molecule has 0 spiro atoms. The summed E-state index contributed by atoms with van der Waals surface area (Å²) < 4.78 is 23.0. The van der Waals surface area contributed by atoms with Gasteiger partial charge >= 0.3 is 7.82 Å². The van der Waals surface area contributed by atoms with E-state index in [0.717, 1.165) is 38.5 Å². The Morgan fingerprint density at radius 2 is 1.65 bits per heavy atom. The van der Waals surface area contributed by atoms with Crippen LogP contribution >= 0.6 is 7.82 Å². The van der Waals surface area contributed by atoms with Crippen LogP contribution in [-0.4, -0.2) is 17.1 Å². The minimum Gasteiger partial charge on any atom is -0.302 e. The Morgan fingerprint density at radius 1 is 1.10 bits per heavy atom. The maximum absolute atomic E-state index is 12.2. The van der Waals surface area contributed by atoms with Gasteiger partial charge in [0.1, 0.15) is 0 Å². The summed E-state index contributed by atoms with van der Waals surface area (Å²) in [5, 5.41) is 0. The summed E-state index contributed by atoms with van der Waals surface area (Å²) in [6.45, 7) is 2.43. The van der Waals surface area contributed by atoms with E-state index in [-0.39, 0.29) is 5.60 Å². The van der Waals surface area contributed by atoms with Gasteiger partial charge in [0.15, 0.2) is 0 Å². The first-order chi connectivity index (χ1) is 9.50. The molecule has 20 heavy (non-hydrogen) atoms. The molecule has 4 aliphatic rings. The van der Waals surface area contributed by atoms with Gasteiger partial charge < -0.3 is 4.89 Å². The van der Waals surface area contributed by atoms with Gasteiger partial charge in [-0.05, 0) is 62.7 Å². The first kappa shape index (κ1) is 15.0. The van der Waals surface area contributed by atoms with Crippen LogP contribution < -0.4 is 0 Å². The van der Waals surface area contributed by atoms with Crippen molar-refractivity contribution in [2.24, 2.45) is 17.8 Å². The van der Waals surface area contributed by atoms with Crippen molar-refractivity contribution in [2.45, 2.75) is 70.3 Å². The summed E-state index contributed by atoms with van der Waals surface area (Å²) in [6, 6.07) is 0. The summed E-state index contributed by atoms with van der Waals surface area (Å²) in [7, 11) is -3.88. The number of hydrogen-bond donors (Lipinski definition) is 1. The van der Waals surface area contributed by atoms with Gasteiger partial charge in [0, 0.05) is 0 Å². The minimum absolute atomic E-state index is 0.327. The molecule has 1 N–H and O–H groups in total. The van der Waals surface area contributed by atoms with Crippen molar-refractivity contribution in [1.29, 1.82) is 0 Å². The fourth-order valence-corrected chi connectivity index (χ4v) is 6.07. The first-order valence-electron chi connectivity index (χ1n) is 8.18. The van der Waals surface area contributed by atoms with Gasteiger partial charge in [0.2, 0.25) is 0 Å². The van der Waals surface area contributed by atoms with Crippen LogP contribution in [0.2, 0.25) is 0 Å². The van der Waals surface area contributed by atoms with E-state index < -0.39 is 7.82 Å². The number of phosphoric acid groups is 1. The lowest BCUT2D eigenvalue weighted by molar-refractivity contribution is -0.119. The fraction of sp³-hybridized carbons (Fsp3) is 1.00. The maximum Gasteiger partial charge on any atom is 0.472 e. The predicted molar refractivity (Wildman–Crippen MR) is 77.3 cm³/mol. The molecule has 4 fully saturated rings. The molecule has 4 aliphatic carbocycles. The lowest BCUT2D eigenvalue weighted by atomic mass is 9.54. The largest absolute Gasteiger partial charge is 0.472 e. The summed E-state index contributed by atoms with van der Waals surface area (Å²) in [5.41, 5.74) is -0.357. The molecule has 4 rings (SSSR count). The van der Waals surface area contributed by atoms with Gasteiger partial charge in [-0.1, -0.05) is 19.8 Å². The molecule has 0 aliphatic heterocycles. The molecule has 116 valence electrons. The Balaban J connectivity index is 1.57. The topological polar surface area (TPSA) is 55.8 Å². The van der Waals surface area contributed by atoms with Gasteiger partial charge in [-0.15, -0.1) is 0 Å². The SMILES string of the molecule is CCCCCOP(=O)(O)OC12CC3CC(CC(C3)C1)C2. The fourth-order valence-electron chi connectivity index (χ4n) is 4.95. The van der Waals surface area contributed by atoms with Gasteiger partial charge in [-0.2, -0.15) is 0 Å². The van der Waals surface area contributed by atoms with E-state index in [2.05, 4.69) is 6.92 Å². The van der Waals surface area contributed by atoms with Crippen LogP contribution in [0.4, 0.5) is 0 Å². The van der Waals surface area contributed by atoms with Crippen molar-refractivity contribution < 1.29 is 18.5 Å². The lowest BCUT2D eigenvalue weighted by Crippen LogP contribution is -2.51. The Morgan fingerprint density at radius 3 is 2.15 bits per heavy atom. The molecule has 4 saturated carbocycles. The normalized spacial score (nSPS) is 41.8. The summed E-state index contributed by atoms with van der Waals surface area (Å²) in [6.07, 6.45) is 9.71. The quantitative estimate of drug-likeness (QED) is 0.563. The van der Waals surface area contributed by atoms with Crippen LogP contribution in [0.25, 0.3) is 0 Å². The standard InChI is InChI=1S/C15H27O4P/c1-2-3-4-5-18-20(16,17)19-15-9-12-6-13(10-15)8-14(7-12)11-15/h12-14H,2-11H2,1H3,(H,16,17). The van der Waals surface area contributed by atoms with Crippen LogP contribution in [0.5, 0.6) is 0 Å². The van der Waals surface area contributed by atoms with Crippen molar-refractivity contribution in [2.75, 3.05) is 6.61 Å². The summed E-state index contributed by atoms with van der Waals surface area (Å²) in [5.74, 6) is 2.13. The van der Waals surface area contributed by atoms with Gasteiger partial charge in [-0.25, -0.2) is 4.57 Å². The van der Waals surface area contributed by atoms with Crippen LogP contribution in [-0.2, 0) is 13.6 Å². The summed E-state index contributed by atoms with van der Waals surface area (Å²) in [4.78, 5) is 9.98. The third-order valence-corrected chi connectivity index (χ3v) is 6.42. The Labute approximate surface area is 121 Å². The molecule has 5 heteroatoms. The number of hydrogen-bond acceptors (Lipinski definition) is 3. The number of rotatable bonds is 7. The average molecular weight is 302 g/mol. The van der Waals surface area contributed by atoms with E-state index in [9.17, 15) is 9.46 Å². The van der Waals surface area contributed by atoms with Crippen molar-refractivity contribution in [3.8, 4) is 0 Å². The molecule has 1 unspecified atom stereocenters. The lowest BCUT2D eigenvalue weighted by Gasteiger charge is -2.56. The first-order valence-corrected chi connectivity index (χ1v) is 9.68. The average Bonchev–Trinajstić information content (AvgIpc) is 2.31. The molecular formula is C15H27O4P. The van der Waals surface area contributed by atoms with Gasteiger partial charge in [-0.3, -0.25) is 9.05 Å². The molecule has 0 heterocycles. The van der Waals surface area contributed by atoms with Crippen LogP contribution in [0.15, 0.2) is 0 Å². The molecule has 4 nitrogen and oxygen atoms in total. The van der Waals surface area contributed by atoms with Crippen molar-refractivity contribution in [3.63, 3.8) is 0 Å². The molecule has 0 aromatic heterocycles. The molecule has 0 amide bonds. The van der Waals surface area contributed by atoms with E-state index in [1.54, 1.807) is 0 Å². The Bertz CT molecular complexity index is 360. The predicted octanol–water partition coefficient (Wildman–Crippen LogP) is 4.28. The number of unbranched alkanes of at least 4 members (excludes halogenated alkanes) is 2. The zero-order valence-electron chi connectivity index (χ0n) is 12.4. The molecule has 0 aromatic rings. The second kappa shape index (κ2) is 5.72. The highest BCUT2D eigenvalue weighted by molar-refractivity contribution is 7.47. The van der Waals surface area contributed by atoms with Gasteiger partial charge in [0.05, 0.1) is 12.2 Å². The maximum atomic E-state index is 12.2. The third kappa shape index (κ3) is 3.30. The van der Waals surface area contributed by atoms with E-state index >= 15 is 0 Å². The Hall–Kier alpha value is 0.110. The zero-order chi connectivity index (χ0) is 14.2.